The van der Waals surface area contributed by atoms with E-state index >= 15 is 0 Å². The summed E-state index contributed by atoms with van der Waals surface area (Å²) in [6.07, 6.45) is 0. The Kier molecular flexibility index (Phi) is 3.51. The molecule has 0 aliphatic rings. The van der Waals surface area contributed by atoms with E-state index in [1.165, 1.54) is 12.1 Å². The molecule has 20 heavy (non-hydrogen) atoms. The molecule has 2 aromatic rings. The zero-order valence-corrected chi connectivity index (χ0v) is 11.4. The van der Waals surface area contributed by atoms with Crippen LogP contribution >= 0.6 is 0 Å². The molecule has 0 radical (unpaired) electrons. The number of non-ortho nitro benzene ring substituents is 1. The summed E-state index contributed by atoms with van der Waals surface area (Å²) in [6, 6.07) is 4.28. The van der Waals surface area contributed by atoms with Crippen LogP contribution in [0.3, 0.4) is 0 Å². The van der Waals surface area contributed by atoms with Crippen LogP contribution in [-0.2, 0) is 0 Å². The predicted molar refractivity (Wildman–Crippen MR) is 73.8 cm³/mol. The van der Waals surface area contributed by atoms with Gasteiger partial charge in [-0.2, -0.15) is 5.10 Å². The van der Waals surface area contributed by atoms with Crippen LogP contribution in [0.25, 0.3) is 0 Å². The van der Waals surface area contributed by atoms with Gasteiger partial charge in [-0.05, 0) is 32.4 Å². The van der Waals surface area contributed by atoms with Crippen LogP contribution in [0.4, 0.5) is 11.4 Å². The molecule has 2 rings (SSSR count). The second-order valence-corrected chi connectivity index (χ2v) is 4.58. The third kappa shape index (κ3) is 2.66. The molecule has 1 aromatic carbocycles. The maximum Gasteiger partial charge on any atom is 0.270 e. The zero-order chi connectivity index (χ0) is 14.9. The first-order valence-electron chi connectivity index (χ1n) is 5.97. The lowest BCUT2D eigenvalue weighted by Gasteiger charge is -2.06. The van der Waals surface area contributed by atoms with E-state index in [1.54, 1.807) is 26.8 Å². The number of nitrogens with zero attached hydrogens (tertiary/aromatic N) is 2. The number of anilines is 1. The molecule has 1 aromatic heterocycles. The Labute approximate surface area is 115 Å². The van der Waals surface area contributed by atoms with Crippen LogP contribution in [0, 0.1) is 30.9 Å². The first-order chi connectivity index (χ1) is 9.38. The molecule has 1 heterocycles. The molecule has 0 unspecified atom stereocenters. The third-order valence-electron chi connectivity index (χ3n) is 2.90. The number of rotatable bonds is 3. The highest BCUT2D eigenvalue weighted by Gasteiger charge is 2.15. The molecule has 104 valence electrons. The Balaban J connectivity index is 2.32. The van der Waals surface area contributed by atoms with Gasteiger partial charge in [0, 0.05) is 17.7 Å². The molecular weight excluding hydrogens is 260 g/mol. The van der Waals surface area contributed by atoms with E-state index in [0.29, 0.717) is 16.9 Å². The van der Waals surface area contributed by atoms with Crippen LogP contribution in [-0.4, -0.2) is 21.0 Å². The number of carbonyl (C=O) groups excluding carboxylic acids is 1. The van der Waals surface area contributed by atoms with Crippen LogP contribution in [0.1, 0.15) is 27.3 Å². The van der Waals surface area contributed by atoms with Crippen molar-refractivity contribution in [2.24, 2.45) is 0 Å². The first-order valence-corrected chi connectivity index (χ1v) is 5.97. The van der Waals surface area contributed by atoms with E-state index in [4.69, 9.17) is 0 Å². The minimum atomic E-state index is -0.516. The van der Waals surface area contributed by atoms with E-state index < -0.39 is 10.8 Å². The summed E-state index contributed by atoms with van der Waals surface area (Å²) in [5.74, 6) is -0.399. The van der Waals surface area contributed by atoms with Crippen molar-refractivity contribution in [3.8, 4) is 0 Å². The number of H-pyrrole nitrogens is 1. The number of aromatic amines is 1. The second-order valence-electron chi connectivity index (χ2n) is 4.58. The van der Waals surface area contributed by atoms with Gasteiger partial charge in [-0.1, -0.05) is 0 Å². The predicted octanol–water partition coefficient (Wildman–Crippen LogP) is 2.50. The van der Waals surface area contributed by atoms with Gasteiger partial charge < -0.3 is 5.32 Å². The molecule has 0 aliphatic carbocycles. The number of benzene rings is 1. The van der Waals surface area contributed by atoms with E-state index in [-0.39, 0.29) is 11.3 Å². The van der Waals surface area contributed by atoms with Crippen LogP contribution in [0.5, 0.6) is 0 Å². The summed E-state index contributed by atoms with van der Waals surface area (Å²) < 4.78 is 0. The van der Waals surface area contributed by atoms with Crippen molar-refractivity contribution >= 4 is 17.3 Å². The molecule has 7 heteroatoms. The van der Waals surface area contributed by atoms with Crippen LogP contribution in [0.15, 0.2) is 18.2 Å². The van der Waals surface area contributed by atoms with Gasteiger partial charge in [0.05, 0.1) is 22.0 Å². The third-order valence-corrected chi connectivity index (χ3v) is 2.90. The number of hydrogen-bond donors (Lipinski definition) is 2. The van der Waals surface area contributed by atoms with Crippen molar-refractivity contribution in [3.05, 3.63) is 50.8 Å². The number of aryl methyl sites for hydroxylation is 3. The normalized spacial score (nSPS) is 10.3. The lowest BCUT2D eigenvalue weighted by atomic mass is 10.1. The summed E-state index contributed by atoms with van der Waals surface area (Å²) in [5, 5.41) is 20.3. The number of hydrogen-bond acceptors (Lipinski definition) is 4. The molecule has 7 nitrogen and oxygen atoms in total. The Morgan fingerprint density at radius 2 is 2.00 bits per heavy atom. The lowest BCUT2D eigenvalue weighted by molar-refractivity contribution is -0.384. The number of nitrogens with one attached hydrogen (secondary N) is 2. The fraction of sp³-hybridized carbons (Fsp3) is 0.231. The first kappa shape index (κ1) is 13.7. The highest BCUT2D eigenvalue weighted by molar-refractivity contribution is 6.05. The minimum absolute atomic E-state index is 0.101. The van der Waals surface area contributed by atoms with Gasteiger partial charge in [-0.15, -0.1) is 0 Å². The monoisotopic (exact) mass is 274 g/mol. The van der Waals surface area contributed by atoms with Crippen LogP contribution < -0.4 is 5.32 Å². The molecule has 2 N–H and O–H groups in total. The maximum absolute atomic E-state index is 12.2. The number of aromatic nitrogens is 2. The van der Waals surface area contributed by atoms with Crippen molar-refractivity contribution in [3.63, 3.8) is 0 Å². The molecule has 0 atom stereocenters. The maximum atomic E-state index is 12.2. The summed E-state index contributed by atoms with van der Waals surface area (Å²) in [5.41, 5.74) is 2.80. The summed E-state index contributed by atoms with van der Waals surface area (Å²) >= 11 is 0. The topological polar surface area (TPSA) is 101 Å². The van der Waals surface area contributed by atoms with Crippen molar-refractivity contribution in [1.82, 2.24) is 10.2 Å². The van der Waals surface area contributed by atoms with Crippen molar-refractivity contribution < 1.29 is 9.72 Å². The largest absolute Gasteiger partial charge is 0.319 e. The van der Waals surface area contributed by atoms with E-state index in [2.05, 4.69) is 15.5 Å². The van der Waals surface area contributed by atoms with E-state index in [0.717, 1.165) is 5.69 Å². The lowest BCUT2D eigenvalue weighted by Crippen LogP contribution is -2.13. The highest BCUT2D eigenvalue weighted by atomic mass is 16.6. The average Bonchev–Trinajstić information content (AvgIpc) is 2.69. The molecule has 1 amide bonds. The number of carbonyl (C=O) groups is 1. The minimum Gasteiger partial charge on any atom is -0.319 e. The highest BCUT2D eigenvalue weighted by Crippen LogP contribution is 2.20. The van der Waals surface area contributed by atoms with Gasteiger partial charge in [0.25, 0.3) is 11.6 Å². The number of nitro benzene ring substituents is 1. The fourth-order valence-corrected chi connectivity index (χ4v) is 1.92. The number of amides is 1. The summed E-state index contributed by atoms with van der Waals surface area (Å²) in [7, 11) is 0. The van der Waals surface area contributed by atoms with E-state index in [9.17, 15) is 14.9 Å². The van der Waals surface area contributed by atoms with Crippen molar-refractivity contribution in [2.45, 2.75) is 20.8 Å². The van der Waals surface area contributed by atoms with Gasteiger partial charge in [-0.3, -0.25) is 20.0 Å². The fourth-order valence-electron chi connectivity index (χ4n) is 1.92. The number of nitro groups is 1. The van der Waals surface area contributed by atoms with Crippen molar-refractivity contribution in [2.75, 3.05) is 5.32 Å². The molecular formula is C13H14N4O3. The Morgan fingerprint density at radius 3 is 2.55 bits per heavy atom. The Hall–Kier alpha value is -2.70. The summed E-state index contributed by atoms with van der Waals surface area (Å²) in [4.78, 5) is 22.5. The molecule has 0 saturated carbocycles. The van der Waals surface area contributed by atoms with Gasteiger partial charge in [-0.25, -0.2) is 0 Å². The molecule has 0 saturated heterocycles. The van der Waals surface area contributed by atoms with Crippen molar-refractivity contribution in [1.29, 1.82) is 0 Å². The Morgan fingerprint density at radius 1 is 1.30 bits per heavy atom. The SMILES string of the molecule is Cc1cc(C(=O)Nc2c(C)n[nH]c2C)cc([N+](=O)[O-])c1. The van der Waals surface area contributed by atoms with Crippen LogP contribution in [0.2, 0.25) is 0 Å². The second kappa shape index (κ2) is 5.12. The molecule has 0 aliphatic heterocycles. The molecule has 0 spiro atoms. The van der Waals surface area contributed by atoms with E-state index in [1.807, 2.05) is 0 Å². The smallest absolute Gasteiger partial charge is 0.270 e. The average molecular weight is 274 g/mol. The summed E-state index contributed by atoms with van der Waals surface area (Å²) in [6.45, 7) is 5.25. The molecule has 0 fully saturated rings. The standard InChI is InChI=1S/C13H14N4O3/c1-7-4-10(6-11(5-7)17(19)20)13(18)14-12-8(2)15-16-9(12)3/h4-6H,1-3H3,(H,14,18)(H,15,16). The molecule has 0 bridgehead atoms. The van der Waals surface area contributed by atoms with Gasteiger partial charge in [0.2, 0.25) is 0 Å². The quantitative estimate of drug-likeness (QED) is 0.663. The van der Waals surface area contributed by atoms with Gasteiger partial charge in [0.1, 0.15) is 0 Å². The van der Waals surface area contributed by atoms with Gasteiger partial charge in [0.15, 0.2) is 0 Å². The zero-order valence-electron chi connectivity index (χ0n) is 11.4. The van der Waals surface area contributed by atoms with Gasteiger partial charge >= 0.3 is 0 Å². The Bertz CT molecular complexity index is 671.